The van der Waals surface area contributed by atoms with Crippen LogP contribution in [0, 0.1) is 6.92 Å². The molecule has 0 aliphatic carbocycles. The van der Waals surface area contributed by atoms with Gasteiger partial charge in [-0.1, -0.05) is 17.7 Å². The predicted octanol–water partition coefficient (Wildman–Crippen LogP) is 3.09. The number of thioether (sulfide) groups is 1. The first-order valence-corrected chi connectivity index (χ1v) is 9.74. The van der Waals surface area contributed by atoms with E-state index in [-0.39, 0.29) is 17.9 Å². The van der Waals surface area contributed by atoms with Crippen LogP contribution in [-0.4, -0.2) is 52.5 Å². The quantitative estimate of drug-likeness (QED) is 0.841. The van der Waals surface area contributed by atoms with Crippen molar-refractivity contribution in [1.29, 1.82) is 0 Å². The topological polar surface area (TPSA) is 40.6 Å². The summed E-state index contributed by atoms with van der Waals surface area (Å²) in [6.07, 6.45) is 3.51. The van der Waals surface area contributed by atoms with Crippen molar-refractivity contribution in [1.82, 2.24) is 9.80 Å². The largest absolute Gasteiger partial charge is 0.341 e. The van der Waals surface area contributed by atoms with Crippen LogP contribution >= 0.6 is 11.8 Å². The molecular formula is C19H26N2O2S. The van der Waals surface area contributed by atoms with Crippen LogP contribution < -0.4 is 0 Å². The molecule has 2 saturated heterocycles. The Hall–Kier alpha value is -1.49. The molecule has 0 bridgehead atoms. The summed E-state index contributed by atoms with van der Waals surface area (Å²) >= 11 is 1.92. The SMILES string of the molecule is Cc1cccc(SC2CCN(C(=O)C(C)N3CCCC3=O)CC2)c1. The van der Waals surface area contributed by atoms with Gasteiger partial charge in [0.2, 0.25) is 11.8 Å². The van der Waals surface area contributed by atoms with Gasteiger partial charge in [0.25, 0.3) is 0 Å². The van der Waals surface area contributed by atoms with Gasteiger partial charge in [0.15, 0.2) is 0 Å². The number of aryl methyl sites for hydroxylation is 1. The predicted molar refractivity (Wildman–Crippen MR) is 97.0 cm³/mol. The van der Waals surface area contributed by atoms with Gasteiger partial charge in [0.1, 0.15) is 6.04 Å². The number of hydrogen-bond acceptors (Lipinski definition) is 3. The van der Waals surface area contributed by atoms with E-state index >= 15 is 0 Å². The third-order valence-electron chi connectivity index (χ3n) is 4.98. The van der Waals surface area contributed by atoms with E-state index in [1.165, 1.54) is 10.5 Å². The smallest absolute Gasteiger partial charge is 0.245 e. The minimum absolute atomic E-state index is 0.115. The first-order chi connectivity index (χ1) is 11.5. The molecule has 2 fully saturated rings. The summed E-state index contributed by atoms with van der Waals surface area (Å²) in [6.45, 7) is 6.32. The molecule has 0 N–H and O–H groups in total. The Morgan fingerprint density at radius 2 is 2.00 bits per heavy atom. The number of rotatable bonds is 4. The third-order valence-corrected chi connectivity index (χ3v) is 6.31. The zero-order valence-corrected chi connectivity index (χ0v) is 15.3. The molecule has 3 rings (SSSR count). The van der Waals surface area contributed by atoms with E-state index in [4.69, 9.17) is 0 Å². The second kappa shape index (κ2) is 7.60. The molecule has 5 heteroatoms. The van der Waals surface area contributed by atoms with E-state index in [1.54, 1.807) is 4.90 Å². The molecule has 2 aliphatic heterocycles. The van der Waals surface area contributed by atoms with Crippen LogP contribution in [0.2, 0.25) is 0 Å². The number of carbonyl (C=O) groups is 2. The molecule has 0 aromatic heterocycles. The van der Waals surface area contributed by atoms with Crippen molar-refractivity contribution in [3.8, 4) is 0 Å². The maximum absolute atomic E-state index is 12.7. The molecule has 1 unspecified atom stereocenters. The Labute approximate surface area is 148 Å². The highest BCUT2D eigenvalue weighted by Crippen LogP contribution is 2.31. The lowest BCUT2D eigenvalue weighted by molar-refractivity contribution is -0.143. The van der Waals surface area contributed by atoms with Gasteiger partial charge in [-0.25, -0.2) is 0 Å². The molecule has 0 saturated carbocycles. The van der Waals surface area contributed by atoms with Crippen molar-refractivity contribution in [2.24, 2.45) is 0 Å². The van der Waals surface area contributed by atoms with Crippen LogP contribution in [0.15, 0.2) is 29.2 Å². The Balaban J connectivity index is 1.51. The highest BCUT2D eigenvalue weighted by Gasteiger charge is 2.33. The second-order valence-corrected chi connectivity index (χ2v) is 8.20. The lowest BCUT2D eigenvalue weighted by Crippen LogP contribution is -2.50. The van der Waals surface area contributed by atoms with Crippen LogP contribution in [-0.2, 0) is 9.59 Å². The van der Waals surface area contributed by atoms with Gasteiger partial charge in [-0.3, -0.25) is 9.59 Å². The van der Waals surface area contributed by atoms with Gasteiger partial charge in [-0.15, -0.1) is 11.8 Å². The lowest BCUT2D eigenvalue weighted by atomic mass is 10.1. The maximum atomic E-state index is 12.7. The lowest BCUT2D eigenvalue weighted by Gasteiger charge is -2.35. The van der Waals surface area contributed by atoms with Crippen molar-refractivity contribution in [2.45, 2.75) is 55.7 Å². The third kappa shape index (κ3) is 3.94. The Bertz CT molecular complexity index is 611. The summed E-state index contributed by atoms with van der Waals surface area (Å²) in [5, 5.41) is 0.569. The first kappa shape index (κ1) is 17.3. The van der Waals surface area contributed by atoms with Gasteiger partial charge in [-0.05, 0) is 45.2 Å². The molecule has 0 radical (unpaired) electrons. The molecule has 2 aliphatic rings. The Morgan fingerprint density at radius 1 is 1.25 bits per heavy atom. The monoisotopic (exact) mass is 346 g/mol. The van der Waals surface area contributed by atoms with Gasteiger partial charge in [0, 0.05) is 36.2 Å². The zero-order valence-electron chi connectivity index (χ0n) is 14.5. The highest BCUT2D eigenvalue weighted by atomic mass is 32.2. The molecule has 0 spiro atoms. The number of carbonyl (C=O) groups excluding carboxylic acids is 2. The number of hydrogen-bond donors (Lipinski definition) is 0. The molecule has 130 valence electrons. The second-order valence-electron chi connectivity index (χ2n) is 6.83. The highest BCUT2D eigenvalue weighted by molar-refractivity contribution is 8.00. The summed E-state index contributed by atoms with van der Waals surface area (Å²) in [7, 11) is 0. The van der Waals surface area contributed by atoms with Crippen molar-refractivity contribution in [3.63, 3.8) is 0 Å². The number of amides is 2. The summed E-state index contributed by atoms with van der Waals surface area (Å²) < 4.78 is 0. The molecule has 24 heavy (non-hydrogen) atoms. The number of nitrogens with zero attached hydrogens (tertiary/aromatic N) is 2. The first-order valence-electron chi connectivity index (χ1n) is 8.86. The van der Waals surface area contributed by atoms with Gasteiger partial charge >= 0.3 is 0 Å². The van der Waals surface area contributed by atoms with Crippen LogP contribution in [0.4, 0.5) is 0 Å². The van der Waals surface area contributed by atoms with Gasteiger partial charge < -0.3 is 9.80 Å². The number of piperidine rings is 1. The Kier molecular flexibility index (Phi) is 5.49. The molecule has 1 atom stereocenters. The fourth-order valence-electron chi connectivity index (χ4n) is 3.55. The van der Waals surface area contributed by atoms with Crippen LogP contribution in [0.25, 0.3) is 0 Å². The molecule has 4 nitrogen and oxygen atoms in total. The summed E-state index contributed by atoms with van der Waals surface area (Å²) in [5.41, 5.74) is 1.29. The van der Waals surface area contributed by atoms with Crippen molar-refractivity contribution < 1.29 is 9.59 Å². The van der Waals surface area contributed by atoms with Crippen molar-refractivity contribution in [2.75, 3.05) is 19.6 Å². The standard InChI is InChI=1S/C19H26N2O2S/c1-14-5-3-6-17(13-14)24-16-8-11-20(12-9-16)19(23)15(2)21-10-4-7-18(21)22/h3,5-6,13,15-16H,4,7-12H2,1-2H3. The van der Waals surface area contributed by atoms with Crippen LogP contribution in [0.3, 0.4) is 0 Å². The van der Waals surface area contributed by atoms with Gasteiger partial charge in [0.05, 0.1) is 0 Å². The molecule has 2 amide bonds. The van der Waals surface area contributed by atoms with Crippen LogP contribution in [0.5, 0.6) is 0 Å². The summed E-state index contributed by atoms with van der Waals surface area (Å²) in [6, 6.07) is 8.30. The van der Waals surface area contributed by atoms with E-state index in [2.05, 4.69) is 31.2 Å². The maximum Gasteiger partial charge on any atom is 0.245 e. The van der Waals surface area contributed by atoms with Crippen LogP contribution in [0.1, 0.15) is 38.2 Å². The average molecular weight is 346 g/mol. The van der Waals surface area contributed by atoms with E-state index in [0.717, 1.165) is 38.9 Å². The number of likely N-dealkylation sites (tertiary alicyclic amines) is 2. The number of benzene rings is 1. The van der Waals surface area contributed by atoms with Gasteiger partial charge in [-0.2, -0.15) is 0 Å². The minimum Gasteiger partial charge on any atom is -0.341 e. The normalized spacial score (nSPS) is 20.5. The van der Waals surface area contributed by atoms with E-state index in [0.29, 0.717) is 11.7 Å². The zero-order chi connectivity index (χ0) is 17.1. The molecule has 2 heterocycles. The van der Waals surface area contributed by atoms with E-state index in [9.17, 15) is 9.59 Å². The van der Waals surface area contributed by atoms with Crippen molar-refractivity contribution >= 4 is 23.6 Å². The van der Waals surface area contributed by atoms with E-state index in [1.807, 2.05) is 23.6 Å². The summed E-state index contributed by atoms with van der Waals surface area (Å²) in [5.74, 6) is 0.241. The molecule has 1 aromatic rings. The molecule has 1 aromatic carbocycles. The Morgan fingerprint density at radius 3 is 2.62 bits per heavy atom. The molecular weight excluding hydrogens is 320 g/mol. The minimum atomic E-state index is -0.305. The average Bonchev–Trinajstić information content (AvgIpc) is 3.00. The fourth-order valence-corrected chi connectivity index (χ4v) is 4.79. The fraction of sp³-hybridized carbons (Fsp3) is 0.579. The summed E-state index contributed by atoms with van der Waals surface area (Å²) in [4.78, 5) is 29.5. The van der Waals surface area contributed by atoms with E-state index < -0.39 is 0 Å². The van der Waals surface area contributed by atoms with Crippen molar-refractivity contribution in [3.05, 3.63) is 29.8 Å².